The second-order valence-corrected chi connectivity index (χ2v) is 5.72. The molecule has 2 N–H and O–H groups in total. The Morgan fingerprint density at radius 2 is 1.96 bits per heavy atom. The molecule has 1 aromatic rings. The van der Waals surface area contributed by atoms with Gasteiger partial charge >= 0.3 is 11.8 Å². The molecular formula is C16H21F2N3O3. The molecule has 1 fully saturated rings. The highest BCUT2D eigenvalue weighted by Gasteiger charge is 2.24. The van der Waals surface area contributed by atoms with Crippen LogP contribution in [0.3, 0.4) is 0 Å². The van der Waals surface area contributed by atoms with Crippen LogP contribution < -0.4 is 10.6 Å². The fraction of sp³-hybridized carbons (Fsp3) is 0.500. The van der Waals surface area contributed by atoms with Crippen LogP contribution in [0, 0.1) is 11.6 Å². The number of nitrogens with zero attached hydrogens (tertiary/aromatic N) is 1. The lowest BCUT2D eigenvalue weighted by Gasteiger charge is -2.32. The van der Waals surface area contributed by atoms with Crippen molar-refractivity contribution in [3.05, 3.63) is 29.8 Å². The van der Waals surface area contributed by atoms with Gasteiger partial charge in [0, 0.05) is 38.0 Å². The minimum atomic E-state index is -0.950. The Hall–Kier alpha value is -2.06. The van der Waals surface area contributed by atoms with Crippen LogP contribution in [0.15, 0.2) is 18.2 Å². The summed E-state index contributed by atoms with van der Waals surface area (Å²) in [5, 5.41) is 4.85. The summed E-state index contributed by atoms with van der Waals surface area (Å²) in [4.78, 5) is 26.0. The summed E-state index contributed by atoms with van der Waals surface area (Å²) in [5.74, 6) is -3.43. The van der Waals surface area contributed by atoms with Gasteiger partial charge in [0.2, 0.25) is 0 Å². The number of likely N-dealkylation sites (tertiary alicyclic amines) is 1. The topological polar surface area (TPSA) is 70.7 Å². The van der Waals surface area contributed by atoms with E-state index in [1.807, 2.05) is 0 Å². The van der Waals surface area contributed by atoms with Crippen molar-refractivity contribution >= 4 is 17.5 Å². The largest absolute Gasteiger partial charge is 0.383 e. The average molecular weight is 341 g/mol. The van der Waals surface area contributed by atoms with Crippen LogP contribution in [0.4, 0.5) is 14.5 Å². The maximum absolute atomic E-state index is 13.1. The van der Waals surface area contributed by atoms with Crippen molar-refractivity contribution in [2.24, 2.45) is 0 Å². The Morgan fingerprint density at radius 1 is 1.25 bits per heavy atom. The lowest BCUT2D eigenvalue weighted by molar-refractivity contribution is -0.136. The molecule has 24 heavy (non-hydrogen) atoms. The molecule has 132 valence electrons. The van der Waals surface area contributed by atoms with E-state index >= 15 is 0 Å². The highest BCUT2D eigenvalue weighted by atomic mass is 19.1. The van der Waals surface area contributed by atoms with E-state index in [4.69, 9.17) is 4.74 Å². The van der Waals surface area contributed by atoms with Crippen molar-refractivity contribution < 1.29 is 23.1 Å². The summed E-state index contributed by atoms with van der Waals surface area (Å²) in [6, 6.07) is 2.44. The van der Waals surface area contributed by atoms with Crippen molar-refractivity contribution in [3.8, 4) is 0 Å². The third kappa shape index (κ3) is 5.54. The number of ether oxygens (including phenoxy) is 1. The van der Waals surface area contributed by atoms with Gasteiger partial charge in [0.25, 0.3) is 0 Å². The number of carbonyl (C=O) groups is 2. The number of piperidine rings is 1. The number of rotatable bonds is 5. The molecule has 1 aliphatic heterocycles. The van der Waals surface area contributed by atoms with Gasteiger partial charge in [-0.1, -0.05) is 0 Å². The van der Waals surface area contributed by atoms with Crippen LogP contribution in [-0.4, -0.2) is 56.1 Å². The molecule has 1 heterocycles. The number of amides is 2. The number of benzene rings is 1. The lowest BCUT2D eigenvalue weighted by atomic mass is 10.1. The summed E-state index contributed by atoms with van der Waals surface area (Å²) in [5.41, 5.74) is -0.0991. The molecule has 1 aromatic carbocycles. The molecule has 1 atom stereocenters. The minimum Gasteiger partial charge on any atom is -0.383 e. The average Bonchev–Trinajstić information content (AvgIpc) is 2.52. The van der Waals surface area contributed by atoms with Crippen molar-refractivity contribution in [3.63, 3.8) is 0 Å². The SMILES string of the molecule is COCCN1CCC[C@@H](NC(=O)C(=O)Nc2cc(F)cc(F)c2)C1. The molecule has 0 aromatic heterocycles. The Bertz CT molecular complexity index is 578. The molecule has 0 unspecified atom stereocenters. The van der Waals surface area contributed by atoms with E-state index < -0.39 is 23.4 Å². The van der Waals surface area contributed by atoms with Gasteiger partial charge in [0.15, 0.2) is 0 Å². The normalized spacial score (nSPS) is 18.2. The predicted molar refractivity (Wildman–Crippen MR) is 84.5 cm³/mol. The summed E-state index contributed by atoms with van der Waals surface area (Å²) in [6.45, 7) is 2.92. The van der Waals surface area contributed by atoms with Crippen LogP contribution in [-0.2, 0) is 14.3 Å². The van der Waals surface area contributed by atoms with Gasteiger partial charge in [-0.25, -0.2) is 8.78 Å². The van der Waals surface area contributed by atoms with Gasteiger partial charge in [0.1, 0.15) is 11.6 Å². The summed E-state index contributed by atoms with van der Waals surface area (Å²) in [6.07, 6.45) is 1.68. The highest BCUT2D eigenvalue weighted by molar-refractivity contribution is 6.39. The van der Waals surface area contributed by atoms with Crippen molar-refractivity contribution in [1.82, 2.24) is 10.2 Å². The second-order valence-electron chi connectivity index (χ2n) is 5.72. The highest BCUT2D eigenvalue weighted by Crippen LogP contribution is 2.13. The molecule has 2 rings (SSSR count). The van der Waals surface area contributed by atoms with E-state index in [0.717, 1.165) is 38.1 Å². The first kappa shape index (κ1) is 18.3. The Labute approximate surface area is 139 Å². The third-order valence-corrected chi connectivity index (χ3v) is 3.78. The van der Waals surface area contributed by atoms with Gasteiger partial charge in [0.05, 0.1) is 6.61 Å². The standard InChI is InChI=1S/C16H21F2N3O3/c1-24-6-5-21-4-2-3-13(10-21)19-15(22)16(23)20-14-8-11(17)7-12(18)9-14/h7-9,13H,2-6,10H2,1H3,(H,19,22)(H,20,23)/t13-/m1/s1. The fourth-order valence-electron chi connectivity index (χ4n) is 2.66. The predicted octanol–water partition coefficient (Wildman–Crippen LogP) is 1.13. The Morgan fingerprint density at radius 3 is 2.62 bits per heavy atom. The number of halogens is 2. The van der Waals surface area contributed by atoms with Crippen LogP contribution in [0.5, 0.6) is 0 Å². The van der Waals surface area contributed by atoms with E-state index in [1.165, 1.54) is 0 Å². The van der Waals surface area contributed by atoms with E-state index in [9.17, 15) is 18.4 Å². The van der Waals surface area contributed by atoms with Gasteiger partial charge in [-0.3, -0.25) is 14.5 Å². The zero-order valence-corrected chi connectivity index (χ0v) is 13.5. The first-order chi connectivity index (χ1) is 11.5. The molecule has 0 saturated carbocycles. The Balaban J connectivity index is 1.85. The quantitative estimate of drug-likeness (QED) is 0.788. The van der Waals surface area contributed by atoms with Crippen LogP contribution in [0.2, 0.25) is 0 Å². The maximum atomic E-state index is 13.1. The third-order valence-electron chi connectivity index (χ3n) is 3.78. The number of hydrogen-bond acceptors (Lipinski definition) is 4. The molecule has 0 spiro atoms. The minimum absolute atomic E-state index is 0.0991. The van der Waals surface area contributed by atoms with Crippen molar-refractivity contribution in [2.45, 2.75) is 18.9 Å². The molecule has 0 aliphatic carbocycles. The van der Waals surface area contributed by atoms with Gasteiger partial charge in [-0.05, 0) is 31.5 Å². The van der Waals surface area contributed by atoms with Crippen molar-refractivity contribution in [2.75, 3.05) is 38.7 Å². The second kappa shape index (κ2) is 8.70. The van der Waals surface area contributed by atoms with E-state index in [2.05, 4.69) is 15.5 Å². The smallest absolute Gasteiger partial charge is 0.313 e. The molecule has 2 amide bonds. The fourth-order valence-corrected chi connectivity index (χ4v) is 2.66. The summed E-state index contributed by atoms with van der Waals surface area (Å²) < 4.78 is 31.2. The Kier molecular flexibility index (Phi) is 6.62. The zero-order valence-electron chi connectivity index (χ0n) is 13.5. The van der Waals surface area contributed by atoms with E-state index in [0.29, 0.717) is 19.2 Å². The monoisotopic (exact) mass is 341 g/mol. The number of hydrogen-bond donors (Lipinski definition) is 2. The number of methoxy groups -OCH3 is 1. The molecule has 0 bridgehead atoms. The van der Waals surface area contributed by atoms with Gasteiger partial charge in [-0.15, -0.1) is 0 Å². The van der Waals surface area contributed by atoms with Crippen molar-refractivity contribution in [1.29, 1.82) is 0 Å². The number of carbonyl (C=O) groups excluding carboxylic acids is 2. The first-order valence-electron chi connectivity index (χ1n) is 7.77. The molecule has 6 nitrogen and oxygen atoms in total. The zero-order chi connectivity index (χ0) is 17.5. The molecule has 8 heteroatoms. The van der Waals surface area contributed by atoms with Crippen LogP contribution >= 0.6 is 0 Å². The van der Waals surface area contributed by atoms with Gasteiger partial charge in [-0.2, -0.15) is 0 Å². The number of nitrogens with one attached hydrogen (secondary N) is 2. The van der Waals surface area contributed by atoms with Crippen LogP contribution in [0.1, 0.15) is 12.8 Å². The summed E-state index contributed by atoms with van der Waals surface area (Å²) >= 11 is 0. The van der Waals surface area contributed by atoms with E-state index in [1.54, 1.807) is 7.11 Å². The maximum Gasteiger partial charge on any atom is 0.313 e. The van der Waals surface area contributed by atoms with Crippen LogP contribution in [0.25, 0.3) is 0 Å². The lowest BCUT2D eigenvalue weighted by Crippen LogP contribution is -2.50. The molecule has 1 saturated heterocycles. The molecule has 1 aliphatic rings. The first-order valence-corrected chi connectivity index (χ1v) is 7.77. The molecule has 0 radical (unpaired) electrons. The summed E-state index contributed by atoms with van der Waals surface area (Å²) in [7, 11) is 1.63. The molecular weight excluding hydrogens is 320 g/mol. The van der Waals surface area contributed by atoms with Gasteiger partial charge < -0.3 is 15.4 Å². The van der Waals surface area contributed by atoms with E-state index in [-0.39, 0.29) is 11.7 Å². The number of anilines is 1.